The minimum Gasteiger partial charge on any atom is -0.497 e. The number of hydrogen-bond acceptors (Lipinski definition) is 4. The number of hydrogen-bond donors (Lipinski definition) is 1. The first-order valence-corrected chi connectivity index (χ1v) is 5.35. The van der Waals surface area contributed by atoms with E-state index in [0.717, 1.165) is 6.07 Å². The molecular formula is C12H14FNO4. The van der Waals surface area contributed by atoms with E-state index in [0.29, 0.717) is 5.75 Å². The van der Waals surface area contributed by atoms with Gasteiger partial charge in [-0.15, -0.1) is 0 Å². The lowest BCUT2D eigenvalue weighted by Crippen LogP contribution is -2.31. The number of carbonyl (C=O) groups is 2. The smallest absolute Gasteiger partial charge is 0.325 e. The number of esters is 1. The molecule has 0 aliphatic rings. The summed E-state index contributed by atoms with van der Waals surface area (Å²) >= 11 is 0. The highest BCUT2D eigenvalue weighted by atomic mass is 19.1. The van der Waals surface area contributed by atoms with Crippen LogP contribution in [0.2, 0.25) is 0 Å². The Hall–Kier alpha value is -2.11. The standard InChI is InChI=1S/C12H14FNO4/c1-3-18-11(15)7-14-12(16)9-5-4-8(17-2)6-10(9)13/h4-6H,3,7H2,1-2H3,(H,14,16). The minimum absolute atomic E-state index is 0.153. The van der Waals surface area contributed by atoms with Crippen molar-refractivity contribution in [3.8, 4) is 5.75 Å². The van der Waals surface area contributed by atoms with Crippen LogP contribution in [0.15, 0.2) is 18.2 Å². The third kappa shape index (κ3) is 3.73. The van der Waals surface area contributed by atoms with Gasteiger partial charge in [-0.05, 0) is 19.1 Å². The molecule has 0 atom stereocenters. The van der Waals surface area contributed by atoms with Gasteiger partial charge >= 0.3 is 5.97 Å². The Morgan fingerprint density at radius 3 is 2.67 bits per heavy atom. The zero-order chi connectivity index (χ0) is 13.5. The number of benzene rings is 1. The average molecular weight is 255 g/mol. The van der Waals surface area contributed by atoms with Crippen LogP contribution in [0.3, 0.4) is 0 Å². The predicted molar refractivity (Wildman–Crippen MR) is 61.9 cm³/mol. The molecule has 1 aromatic rings. The number of ether oxygens (including phenoxy) is 2. The molecule has 0 saturated carbocycles. The van der Waals surface area contributed by atoms with Gasteiger partial charge in [-0.3, -0.25) is 9.59 Å². The lowest BCUT2D eigenvalue weighted by Gasteiger charge is -2.07. The molecule has 0 fully saturated rings. The number of carbonyl (C=O) groups excluding carboxylic acids is 2. The number of halogens is 1. The summed E-state index contributed by atoms with van der Waals surface area (Å²) in [5, 5.41) is 2.27. The zero-order valence-corrected chi connectivity index (χ0v) is 10.2. The first kappa shape index (κ1) is 14.0. The SMILES string of the molecule is CCOC(=O)CNC(=O)c1ccc(OC)cc1F. The molecule has 6 heteroatoms. The van der Waals surface area contributed by atoms with Crippen LogP contribution in [0.4, 0.5) is 4.39 Å². The fourth-order valence-electron chi connectivity index (χ4n) is 1.27. The lowest BCUT2D eigenvalue weighted by atomic mass is 10.2. The Balaban J connectivity index is 2.64. The van der Waals surface area contributed by atoms with Crippen LogP contribution in [0.25, 0.3) is 0 Å². The van der Waals surface area contributed by atoms with E-state index in [4.69, 9.17) is 4.74 Å². The van der Waals surface area contributed by atoms with Gasteiger partial charge in [0.05, 0.1) is 19.3 Å². The van der Waals surface area contributed by atoms with Crippen molar-refractivity contribution >= 4 is 11.9 Å². The van der Waals surface area contributed by atoms with Gasteiger partial charge in [0.15, 0.2) is 0 Å². The van der Waals surface area contributed by atoms with Crippen molar-refractivity contribution in [1.29, 1.82) is 0 Å². The Bertz CT molecular complexity index is 448. The van der Waals surface area contributed by atoms with Gasteiger partial charge in [-0.2, -0.15) is 0 Å². The van der Waals surface area contributed by atoms with Crippen LogP contribution in [0, 0.1) is 5.82 Å². The van der Waals surface area contributed by atoms with E-state index in [1.165, 1.54) is 19.2 Å². The first-order valence-electron chi connectivity index (χ1n) is 5.35. The first-order chi connectivity index (χ1) is 8.58. The normalized spacial score (nSPS) is 9.72. The second kappa shape index (κ2) is 6.58. The van der Waals surface area contributed by atoms with Gasteiger partial charge in [-0.1, -0.05) is 0 Å². The summed E-state index contributed by atoms with van der Waals surface area (Å²) in [6.45, 7) is 1.59. The van der Waals surface area contributed by atoms with Gasteiger partial charge in [0.1, 0.15) is 18.1 Å². The van der Waals surface area contributed by atoms with E-state index >= 15 is 0 Å². The van der Waals surface area contributed by atoms with Crippen molar-refractivity contribution in [2.75, 3.05) is 20.3 Å². The van der Waals surface area contributed by atoms with E-state index in [2.05, 4.69) is 10.1 Å². The third-order valence-electron chi connectivity index (χ3n) is 2.12. The highest BCUT2D eigenvalue weighted by molar-refractivity contribution is 5.96. The Labute approximate surface area is 104 Å². The van der Waals surface area contributed by atoms with Crippen LogP contribution in [-0.4, -0.2) is 32.1 Å². The van der Waals surface area contributed by atoms with Gasteiger partial charge in [0.2, 0.25) is 0 Å². The number of amides is 1. The molecule has 5 nitrogen and oxygen atoms in total. The second-order valence-corrected chi connectivity index (χ2v) is 3.33. The van der Waals surface area contributed by atoms with Crippen LogP contribution >= 0.6 is 0 Å². The van der Waals surface area contributed by atoms with Crippen molar-refractivity contribution < 1.29 is 23.5 Å². The quantitative estimate of drug-likeness (QED) is 0.801. The summed E-state index contributed by atoms with van der Waals surface area (Å²) in [6.07, 6.45) is 0. The summed E-state index contributed by atoms with van der Waals surface area (Å²) < 4.78 is 22.9. The molecule has 0 aliphatic carbocycles. The van der Waals surface area contributed by atoms with Crippen molar-refractivity contribution in [2.24, 2.45) is 0 Å². The summed E-state index contributed by atoms with van der Waals surface area (Å²) in [4.78, 5) is 22.6. The van der Waals surface area contributed by atoms with Crippen molar-refractivity contribution in [3.05, 3.63) is 29.6 Å². The number of rotatable bonds is 5. The maximum atomic E-state index is 13.5. The van der Waals surface area contributed by atoms with E-state index in [9.17, 15) is 14.0 Å². The minimum atomic E-state index is -0.712. The van der Waals surface area contributed by atoms with Crippen molar-refractivity contribution in [3.63, 3.8) is 0 Å². The van der Waals surface area contributed by atoms with Crippen LogP contribution in [0.1, 0.15) is 17.3 Å². The van der Waals surface area contributed by atoms with Crippen LogP contribution < -0.4 is 10.1 Å². The number of methoxy groups -OCH3 is 1. The zero-order valence-electron chi connectivity index (χ0n) is 10.2. The van der Waals surface area contributed by atoms with Gasteiger partial charge < -0.3 is 14.8 Å². The van der Waals surface area contributed by atoms with Gasteiger partial charge in [0.25, 0.3) is 5.91 Å². The summed E-state index contributed by atoms with van der Waals surface area (Å²) in [5.41, 5.74) is -0.153. The van der Waals surface area contributed by atoms with E-state index < -0.39 is 17.7 Å². The van der Waals surface area contributed by atoms with Crippen molar-refractivity contribution in [2.45, 2.75) is 6.92 Å². The molecule has 0 radical (unpaired) electrons. The lowest BCUT2D eigenvalue weighted by molar-refractivity contribution is -0.141. The molecule has 1 rings (SSSR count). The molecule has 98 valence electrons. The maximum absolute atomic E-state index is 13.5. The van der Waals surface area contributed by atoms with E-state index in [-0.39, 0.29) is 18.7 Å². The molecule has 0 aromatic heterocycles. The Morgan fingerprint density at radius 1 is 1.39 bits per heavy atom. The van der Waals surface area contributed by atoms with Crippen molar-refractivity contribution in [1.82, 2.24) is 5.32 Å². The van der Waals surface area contributed by atoms with Crippen LogP contribution in [-0.2, 0) is 9.53 Å². The molecule has 0 bridgehead atoms. The predicted octanol–water partition coefficient (Wildman–Crippen LogP) is 1.13. The largest absolute Gasteiger partial charge is 0.497 e. The van der Waals surface area contributed by atoms with Gasteiger partial charge in [-0.25, -0.2) is 4.39 Å². The highest BCUT2D eigenvalue weighted by Crippen LogP contribution is 2.15. The van der Waals surface area contributed by atoms with E-state index in [1.54, 1.807) is 6.92 Å². The maximum Gasteiger partial charge on any atom is 0.325 e. The van der Waals surface area contributed by atoms with Crippen LogP contribution in [0.5, 0.6) is 5.75 Å². The Morgan fingerprint density at radius 2 is 2.11 bits per heavy atom. The Kier molecular flexibility index (Phi) is 5.10. The molecule has 0 aliphatic heterocycles. The fraction of sp³-hybridized carbons (Fsp3) is 0.333. The monoisotopic (exact) mass is 255 g/mol. The number of nitrogens with one attached hydrogen (secondary N) is 1. The summed E-state index contributed by atoms with van der Waals surface area (Å²) in [6, 6.07) is 3.84. The summed E-state index contributed by atoms with van der Waals surface area (Å²) in [5.74, 6) is -1.65. The molecule has 0 saturated heterocycles. The highest BCUT2D eigenvalue weighted by Gasteiger charge is 2.13. The molecule has 1 N–H and O–H groups in total. The molecule has 1 aromatic carbocycles. The average Bonchev–Trinajstić information content (AvgIpc) is 2.36. The van der Waals surface area contributed by atoms with E-state index in [1.807, 2.05) is 0 Å². The molecule has 0 spiro atoms. The third-order valence-corrected chi connectivity index (χ3v) is 2.12. The molecule has 18 heavy (non-hydrogen) atoms. The topological polar surface area (TPSA) is 64.6 Å². The fourth-order valence-corrected chi connectivity index (χ4v) is 1.27. The summed E-state index contributed by atoms with van der Waals surface area (Å²) in [7, 11) is 1.40. The molecular weight excluding hydrogens is 241 g/mol. The van der Waals surface area contributed by atoms with Gasteiger partial charge in [0, 0.05) is 6.07 Å². The molecule has 0 unspecified atom stereocenters. The molecule has 0 heterocycles. The second-order valence-electron chi connectivity index (χ2n) is 3.33. The molecule has 1 amide bonds.